The maximum Gasteiger partial charge on any atom is 0.219 e. The molecule has 110 valence electrons. The fraction of sp³-hybridized carbons (Fsp3) is 0.688. The molecule has 0 spiro atoms. The number of likely N-dealkylation sites (tertiary alicyclic amines) is 1. The van der Waals surface area contributed by atoms with Crippen molar-refractivity contribution in [1.29, 1.82) is 0 Å². The van der Waals surface area contributed by atoms with Crippen LogP contribution in [0, 0.1) is 0 Å². The van der Waals surface area contributed by atoms with Gasteiger partial charge in [0.2, 0.25) is 5.91 Å². The molecule has 1 aromatic rings. The first kappa shape index (κ1) is 14.1. The first-order valence-corrected chi connectivity index (χ1v) is 8.65. The van der Waals surface area contributed by atoms with Gasteiger partial charge < -0.3 is 10.2 Å². The number of hydrogen-bond acceptors (Lipinski definition) is 3. The molecule has 0 radical (unpaired) electrons. The van der Waals surface area contributed by atoms with Gasteiger partial charge in [-0.05, 0) is 30.7 Å². The van der Waals surface area contributed by atoms with E-state index in [1.807, 2.05) is 16.2 Å². The second-order valence-electron chi connectivity index (χ2n) is 6.22. The molecule has 1 amide bonds. The molecule has 4 heteroatoms. The molecule has 1 aliphatic carbocycles. The van der Waals surface area contributed by atoms with E-state index in [-0.39, 0.29) is 5.91 Å². The van der Waals surface area contributed by atoms with Gasteiger partial charge in [0.1, 0.15) is 0 Å². The second-order valence-corrected chi connectivity index (χ2v) is 7.20. The zero-order valence-corrected chi connectivity index (χ0v) is 13.0. The number of nitrogens with one attached hydrogen (secondary N) is 1. The summed E-state index contributed by atoms with van der Waals surface area (Å²) in [5.74, 6) is 0.719. The normalized spacial score (nSPS) is 27.9. The molecule has 0 aromatic carbocycles. The zero-order chi connectivity index (χ0) is 13.9. The summed E-state index contributed by atoms with van der Waals surface area (Å²) >= 11 is 1.82. The summed E-state index contributed by atoms with van der Waals surface area (Å²) in [6, 6.07) is 5.47. The minimum absolute atomic E-state index is 0.212. The molecule has 0 bridgehead atoms. The summed E-state index contributed by atoms with van der Waals surface area (Å²) in [5.41, 5.74) is 0. The molecular formula is C16H24N2OS. The largest absolute Gasteiger partial charge is 0.341 e. The van der Waals surface area contributed by atoms with E-state index in [1.165, 1.54) is 37.0 Å². The van der Waals surface area contributed by atoms with E-state index in [9.17, 15) is 4.79 Å². The predicted molar refractivity (Wildman–Crippen MR) is 83.1 cm³/mol. The predicted octanol–water partition coefficient (Wildman–Crippen LogP) is 2.98. The van der Waals surface area contributed by atoms with Gasteiger partial charge in [0.25, 0.3) is 0 Å². The maximum atomic E-state index is 11.8. The average Bonchev–Trinajstić information content (AvgIpc) is 3.11. The third-order valence-corrected chi connectivity index (χ3v) is 5.70. The van der Waals surface area contributed by atoms with Gasteiger partial charge in [-0.3, -0.25) is 4.79 Å². The Morgan fingerprint density at radius 1 is 1.30 bits per heavy atom. The van der Waals surface area contributed by atoms with Crippen molar-refractivity contribution in [2.45, 2.75) is 57.0 Å². The van der Waals surface area contributed by atoms with Gasteiger partial charge in [-0.1, -0.05) is 18.9 Å². The number of piperidine rings is 1. The third kappa shape index (κ3) is 3.23. The lowest BCUT2D eigenvalue weighted by atomic mass is 9.92. The van der Waals surface area contributed by atoms with Gasteiger partial charge in [-0.25, -0.2) is 0 Å². The topological polar surface area (TPSA) is 32.3 Å². The van der Waals surface area contributed by atoms with Crippen molar-refractivity contribution in [1.82, 2.24) is 10.2 Å². The van der Waals surface area contributed by atoms with E-state index in [0.29, 0.717) is 18.0 Å². The first-order valence-electron chi connectivity index (χ1n) is 7.77. The van der Waals surface area contributed by atoms with Gasteiger partial charge in [-0.2, -0.15) is 0 Å². The Morgan fingerprint density at radius 2 is 2.10 bits per heavy atom. The van der Waals surface area contributed by atoms with E-state index >= 15 is 0 Å². The van der Waals surface area contributed by atoms with Crippen LogP contribution in [-0.4, -0.2) is 36.0 Å². The Kier molecular flexibility index (Phi) is 4.41. The highest BCUT2D eigenvalue weighted by Crippen LogP contribution is 2.31. The summed E-state index contributed by atoms with van der Waals surface area (Å²) < 4.78 is 0. The maximum absolute atomic E-state index is 11.8. The van der Waals surface area contributed by atoms with Crippen molar-refractivity contribution in [3.63, 3.8) is 0 Å². The molecule has 2 heterocycles. The highest BCUT2D eigenvalue weighted by molar-refractivity contribution is 7.10. The standard InChI is InChI=1S/C16H24N2OS/c1-12(19)18-10-13(16-7-4-8-20-16)9-15(11-18)17-14-5-2-3-6-14/h4,7-8,13-15,17H,2-3,5-6,9-11H2,1H3. The van der Waals surface area contributed by atoms with Crippen molar-refractivity contribution in [2.24, 2.45) is 0 Å². The van der Waals surface area contributed by atoms with Crippen molar-refractivity contribution < 1.29 is 4.79 Å². The fourth-order valence-electron chi connectivity index (χ4n) is 3.63. The van der Waals surface area contributed by atoms with Crippen LogP contribution >= 0.6 is 11.3 Å². The Hall–Kier alpha value is -0.870. The Balaban J connectivity index is 1.68. The molecule has 3 nitrogen and oxygen atoms in total. The molecule has 2 aliphatic rings. The molecular weight excluding hydrogens is 268 g/mol. The minimum Gasteiger partial charge on any atom is -0.341 e. The molecule has 1 saturated carbocycles. The fourth-order valence-corrected chi connectivity index (χ4v) is 4.47. The lowest BCUT2D eigenvalue weighted by Gasteiger charge is -2.38. The molecule has 3 rings (SSSR count). The number of carbonyl (C=O) groups is 1. The van der Waals surface area contributed by atoms with Crippen molar-refractivity contribution in [3.05, 3.63) is 22.4 Å². The zero-order valence-electron chi connectivity index (χ0n) is 12.2. The van der Waals surface area contributed by atoms with E-state index in [0.717, 1.165) is 13.1 Å². The van der Waals surface area contributed by atoms with Gasteiger partial charge in [-0.15, -0.1) is 11.3 Å². The third-order valence-electron chi connectivity index (χ3n) is 4.67. The van der Waals surface area contributed by atoms with E-state index in [2.05, 4.69) is 22.8 Å². The Bertz CT molecular complexity index is 439. The Morgan fingerprint density at radius 3 is 2.75 bits per heavy atom. The number of hydrogen-bond donors (Lipinski definition) is 1. The van der Waals surface area contributed by atoms with Crippen molar-refractivity contribution in [2.75, 3.05) is 13.1 Å². The lowest BCUT2D eigenvalue weighted by Crippen LogP contribution is -2.52. The first-order chi connectivity index (χ1) is 9.72. The number of carbonyl (C=O) groups excluding carboxylic acids is 1. The summed E-state index contributed by atoms with van der Waals surface area (Å²) in [5, 5.41) is 5.95. The van der Waals surface area contributed by atoms with Crippen molar-refractivity contribution >= 4 is 17.2 Å². The highest BCUT2D eigenvalue weighted by Gasteiger charge is 2.31. The van der Waals surface area contributed by atoms with Crippen LogP contribution in [0.25, 0.3) is 0 Å². The molecule has 1 saturated heterocycles. The smallest absolute Gasteiger partial charge is 0.219 e. The lowest BCUT2D eigenvalue weighted by molar-refractivity contribution is -0.130. The minimum atomic E-state index is 0.212. The molecule has 2 atom stereocenters. The van der Waals surface area contributed by atoms with Crippen LogP contribution in [0.4, 0.5) is 0 Å². The number of nitrogens with zero attached hydrogens (tertiary/aromatic N) is 1. The molecule has 1 aromatic heterocycles. The summed E-state index contributed by atoms with van der Waals surface area (Å²) in [6.07, 6.45) is 6.49. The molecule has 1 N–H and O–H groups in total. The number of thiophene rings is 1. The van der Waals surface area contributed by atoms with E-state index in [4.69, 9.17) is 0 Å². The van der Waals surface area contributed by atoms with Crippen LogP contribution < -0.4 is 5.32 Å². The van der Waals surface area contributed by atoms with Gasteiger partial charge in [0.05, 0.1) is 0 Å². The van der Waals surface area contributed by atoms with Crippen LogP contribution in [0.1, 0.15) is 49.8 Å². The summed E-state index contributed by atoms with van der Waals surface area (Å²) in [4.78, 5) is 15.3. The highest BCUT2D eigenvalue weighted by atomic mass is 32.1. The van der Waals surface area contributed by atoms with Gasteiger partial charge in [0, 0.05) is 42.9 Å². The number of rotatable bonds is 3. The van der Waals surface area contributed by atoms with Crippen LogP contribution in [0.3, 0.4) is 0 Å². The summed E-state index contributed by atoms with van der Waals surface area (Å²) in [6.45, 7) is 3.47. The van der Waals surface area contributed by atoms with E-state index < -0.39 is 0 Å². The monoisotopic (exact) mass is 292 g/mol. The SMILES string of the molecule is CC(=O)N1CC(NC2CCCC2)CC(c2cccs2)C1. The Labute approximate surface area is 125 Å². The molecule has 1 aliphatic heterocycles. The number of amides is 1. The van der Waals surface area contributed by atoms with E-state index in [1.54, 1.807) is 6.92 Å². The van der Waals surface area contributed by atoms with Gasteiger partial charge >= 0.3 is 0 Å². The van der Waals surface area contributed by atoms with Crippen LogP contribution in [-0.2, 0) is 4.79 Å². The van der Waals surface area contributed by atoms with Gasteiger partial charge in [0.15, 0.2) is 0 Å². The van der Waals surface area contributed by atoms with Crippen LogP contribution in [0.2, 0.25) is 0 Å². The van der Waals surface area contributed by atoms with Crippen LogP contribution in [0.15, 0.2) is 17.5 Å². The van der Waals surface area contributed by atoms with Crippen molar-refractivity contribution in [3.8, 4) is 0 Å². The summed E-state index contributed by atoms with van der Waals surface area (Å²) in [7, 11) is 0. The molecule has 2 unspecified atom stereocenters. The molecule has 2 fully saturated rings. The van der Waals surface area contributed by atoms with Crippen LogP contribution in [0.5, 0.6) is 0 Å². The quantitative estimate of drug-likeness (QED) is 0.929. The average molecular weight is 292 g/mol. The molecule has 20 heavy (non-hydrogen) atoms. The second kappa shape index (κ2) is 6.27.